The molecule has 182 valence electrons. The van der Waals surface area contributed by atoms with Crippen LogP contribution in [0.25, 0.3) is 18.2 Å². The third-order valence-corrected chi connectivity index (χ3v) is 6.47. The first kappa shape index (κ1) is 26.3. The average Bonchev–Trinajstić information content (AvgIpc) is 3.07. The molecule has 1 heteroatoms. The van der Waals surface area contributed by atoms with E-state index in [2.05, 4.69) is 75.1 Å². The standard InChI is InChI=1S/C34H40O/c1-6-10-13-20-31-25-30(34(9-4)35-31)23-26(5)27(7-2)24-28(8-3)32-21-16-17-22-33(32)29-18-14-11-12-15-19-29/h6,8-10,13-14,16,18-21,23-25H,5,7,11-12,15,17,22H2,1-4H3/b10-6-,20-13-,27-24+,28-8+,30-23-,34-9+. The molecule has 0 radical (unpaired) electrons. The predicted octanol–water partition coefficient (Wildman–Crippen LogP) is 8.60. The molecule has 1 aromatic heterocycles. The van der Waals surface area contributed by atoms with E-state index in [4.69, 9.17) is 4.42 Å². The first-order valence-electron chi connectivity index (χ1n) is 13.0. The molecule has 0 saturated carbocycles. The van der Waals surface area contributed by atoms with Crippen LogP contribution in [0.15, 0.2) is 111 Å². The monoisotopic (exact) mass is 464 g/mol. The fourth-order valence-corrected chi connectivity index (χ4v) is 4.56. The van der Waals surface area contributed by atoms with Crippen LogP contribution >= 0.6 is 0 Å². The first-order chi connectivity index (χ1) is 17.1. The van der Waals surface area contributed by atoms with Gasteiger partial charge in [-0.05, 0) is 117 Å². The van der Waals surface area contributed by atoms with Crippen LogP contribution in [0, 0.1) is 0 Å². The summed E-state index contributed by atoms with van der Waals surface area (Å²) in [5.41, 5.74) is 8.62. The molecule has 0 atom stereocenters. The fourth-order valence-electron chi connectivity index (χ4n) is 4.56. The SMILES string of the molecule is C=C(/C=c1/cc(/C=C\C=C/C)o/c1=C/C)/C(=C/C(=C\C)C1=C(C2=CCCCC=C2)CCC=C1)CC. The van der Waals surface area contributed by atoms with Gasteiger partial charge >= 0.3 is 0 Å². The van der Waals surface area contributed by atoms with Crippen LogP contribution in [0.3, 0.4) is 0 Å². The van der Waals surface area contributed by atoms with Gasteiger partial charge in [0, 0.05) is 5.22 Å². The quantitative estimate of drug-likeness (QED) is 0.351. The van der Waals surface area contributed by atoms with Crippen LogP contribution in [0.5, 0.6) is 0 Å². The normalized spacial score (nSPS) is 18.8. The molecule has 0 unspecified atom stereocenters. The molecule has 1 heterocycles. The zero-order chi connectivity index (χ0) is 25.0. The van der Waals surface area contributed by atoms with Crippen LogP contribution in [0.1, 0.15) is 72.0 Å². The van der Waals surface area contributed by atoms with Gasteiger partial charge in [-0.15, -0.1) is 0 Å². The van der Waals surface area contributed by atoms with Crippen LogP contribution in [0.4, 0.5) is 0 Å². The minimum atomic E-state index is 0.846. The van der Waals surface area contributed by atoms with Gasteiger partial charge in [0.25, 0.3) is 0 Å². The highest BCUT2D eigenvalue weighted by atomic mass is 16.3. The molecule has 0 fully saturated rings. The van der Waals surface area contributed by atoms with E-state index in [1.165, 1.54) is 40.7 Å². The Kier molecular flexibility index (Phi) is 10.2. The molecule has 0 saturated heterocycles. The molecule has 3 rings (SSSR count). The zero-order valence-corrected chi connectivity index (χ0v) is 21.9. The summed E-state index contributed by atoms with van der Waals surface area (Å²) in [5.74, 6) is 0.846. The van der Waals surface area contributed by atoms with E-state index in [0.717, 1.165) is 47.7 Å². The number of hydrogen-bond acceptors (Lipinski definition) is 1. The lowest BCUT2D eigenvalue weighted by Crippen LogP contribution is -2.18. The molecule has 0 aromatic carbocycles. The number of hydrogen-bond donors (Lipinski definition) is 0. The molecule has 1 aromatic rings. The van der Waals surface area contributed by atoms with Crippen molar-refractivity contribution in [2.75, 3.05) is 0 Å². The van der Waals surface area contributed by atoms with Gasteiger partial charge in [0.1, 0.15) is 11.2 Å². The van der Waals surface area contributed by atoms with Gasteiger partial charge in [-0.3, -0.25) is 0 Å². The van der Waals surface area contributed by atoms with Crippen LogP contribution < -0.4 is 10.6 Å². The van der Waals surface area contributed by atoms with Gasteiger partial charge < -0.3 is 4.42 Å². The molecule has 1 nitrogen and oxygen atoms in total. The molecule has 2 aliphatic carbocycles. The van der Waals surface area contributed by atoms with Gasteiger partial charge in [0.15, 0.2) is 0 Å². The van der Waals surface area contributed by atoms with E-state index in [9.17, 15) is 0 Å². The largest absolute Gasteiger partial charge is 0.457 e. The lowest BCUT2D eigenvalue weighted by Gasteiger charge is -2.19. The lowest BCUT2D eigenvalue weighted by atomic mass is 9.85. The minimum Gasteiger partial charge on any atom is -0.457 e. The van der Waals surface area contributed by atoms with E-state index in [1.807, 2.05) is 44.2 Å². The highest BCUT2D eigenvalue weighted by Crippen LogP contribution is 2.33. The zero-order valence-electron chi connectivity index (χ0n) is 21.9. The fraction of sp³-hybridized carbons (Fsp3) is 0.294. The Labute approximate surface area is 212 Å². The Balaban J connectivity index is 1.99. The maximum absolute atomic E-state index is 6.00. The van der Waals surface area contributed by atoms with Gasteiger partial charge in [0.05, 0.1) is 0 Å². The minimum absolute atomic E-state index is 0.846. The molecular weight excluding hydrogens is 424 g/mol. The third-order valence-electron chi connectivity index (χ3n) is 6.47. The van der Waals surface area contributed by atoms with Crippen molar-refractivity contribution < 1.29 is 4.42 Å². The maximum atomic E-state index is 6.00. The molecule has 2 aliphatic rings. The second kappa shape index (κ2) is 13.5. The third kappa shape index (κ3) is 7.09. The molecular formula is C34H40O. The first-order valence-corrected chi connectivity index (χ1v) is 13.0. The van der Waals surface area contributed by atoms with Crippen molar-refractivity contribution in [2.45, 2.75) is 66.2 Å². The van der Waals surface area contributed by atoms with Crippen molar-refractivity contribution in [1.29, 1.82) is 0 Å². The topological polar surface area (TPSA) is 13.1 Å². The molecule has 0 aliphatic heterocycles. The van der Waals surface area contributed by atoms with Crippen molar-refractivity contribution in [2.24, 2.45) is 0 Å². The Hall–Kier alpha value is -3.32. The summed E-state index contributed by atoms with van der Waals surface area (Å²) in [7, 11) is 0. The summed E-state index contributed by atoms with van der Waals surface area (Å²) < 4.78 is 6.00. The molecule has 35 heavy (non-hydrogen) atoms. The van der Waals surface area contributed by atoms with Crippen molar-refractivity contribution in [1.82, 2.24) is 0 Å². The van der Waals surface area contributed by atoms with Gasteiger partial charge in [0.2, 0.25) is 0 Å². The van der Waals surface area contributed by atoms with E-state index < -0.39 is 0 Å². The van der Waals surface area contributed by atoms with Gasteiger partial charge in [-0.1, -0.05) is 74.3 Å². The van der Waals surface area contributed by atoms with Crippen LogP contribution in [-0.2, 0) is 0 Å². The van der Waals surface area contributed by atoms with Crippen molar-refractivity contribution in [3.8, 4) is 0 Å². The summed E-state index contributed by atoms with van der Waals surface area (Å²) in [5, 5.41) is 1.06. The molecule has 0 amide bonds. The second-order valence-electron chi connectivity index (χ2n) is 8.90. The highest BCUT2D eigenvalue weighted by molar-refractivity contribution is 5.63. The molecule has 0 bridgehead atoms. The number of allylic oxidation sites excluding steroid dienone is 16. The Morgan fingerprint density at radius 3 is 2.63 bits per heavy atom. The Bertz CT molecular complexity index is 1270. The van der Waals surface area contributed by atoms with E-state index >= 15 is 0 Å². The lowest BCUT2D eigenvalue weighted by molar-refractivity contribution is 0.521. The van der Waals surface area contributed by atoms with Crippen LogP contribution in [0.2, 0.25) is 0 Å². The van der Waals surface area contributed by atoms with E-state index in [-0.39, 0.29) is 0 Å². The summed E-state index contributed by atoms with van der Waals surface area (Å²) in [4.78, 5) is 0. The predicted molar refractivity (Wildman–Crippen MR) is 154 cm³/mol. The number of rotatable bonds is 8. The van der Waals surface area contributed by atoms with E-state index in [1.54, 1.807) is 0 Å². The van der Waals surface area contributed by atoms with Crippen molar-refractivity contribution >= 4 is 18.2 Å². The van der Waals surface area contributed by atoms with Gasteiger partial charge in [-0.2, -0.15) is 0 Å². The van der Waals surface area contributed by atoms with Crippen molar-refractivity contribution in [3.63, 3.8) is 0 Å². The Morgan fingerprint density at radius 2 is 1.89 bits per heavy atom. The summed E-state index contributed by atoms with van der Waals surface area (Å²) in [6, 6.07) is 2.08. The van der Waals surface area contributed by atoms with E-state index in [0.29, 0.717) is 0 Å². The average molecular weight is 465 g/mol. The van der Waals surface area contributed by atoms with Crippen LogP contribution in [-0.4, -0.2) is 0 Å². The van der Waals surface area contributed by atoms with Crippen molar-refractivity contribution in [3.05, 3.63) is 123 Å². The summed E-state index contributed by atoms with van der Waals surface area (Å²) in [6.07, 6.45) is 35.1. The maximum Gasteiger partial charge on any atom is 0.130 e. The summed E-state index contributed by atoms with van der Waals surface area (Å²) >= 11 is 0. The smallest absolute Gasteiger partial charge is 0.130 e. The molecule has 0 N–H and O–H groups in total. The number of furan rings is 1. The highest BCUT2D eigenvalue weighted by Gasteiger charge is 2.15. The second-order valence-corrected chi connectivity index (χ2v) is 8.90. The summed E-state index contributed by atoms with van der Waals surface area (Å²) in [6.45, 7) is 12.8. The van der Waals surface area contributed by atoms with Gasteiger partial charge in [-0.25, -0.2) is 0 Å². The molecule has 0 spiro atoms. The Morgan fingerprint density at radius 1 is 1.06 bits per heavy atom.